The average Bonchev–Trinajstić information content (AvgIpc) is 2.78. The van der Waals surface area contributed by atoms with Gasteiger partial charge in [-0.2, -0.15) is 0 Å². The van der Waals surface area contributed by atoms with Gasteiger partial charge in [0.25, 0.3) is 0 Å². The highest BCUT2D eigenvalue weighted by molar-refractivity contribution is 5.85. The van der Waals surface area contributed by atoms with Crippen LogP contribution in [0.1, 0.15) is 11.1 Å². The first kappa shape index (κ1) is 17.8. The zero-order valence-corrected chi connectivity index (χ0v) is 16.5. The predicted octanol–water partition coefficient (Wildman–Crippen LogP) is 3.38. The van der Waals surface area contributed by atoms with Crippen LogP contribution in [0.2, 0.25) is 0 Å². The van der Waals surface area contributed by atoms with Gasteiger partial charge >= 0.3 is 0 Å². The quantitative estimate of drug-likeness (QED) is 0.533. The molecule has 6 heteroatoms. The van der Waals surface area contributed by atoms with E-state index in [4.69, 9.17) is 9.40 Å². The highest BCUT2D eigenvalue weighted by Gasteiger charge is 2.24. The van der Waals surface area contributed by atoms with Crippen molar-refractivity contribution in [3.05, 3.63) is 63.9 Å². The van der Waals surface area contributed by atoms with E-state index in [0.29, 0.717) is 33.8 Å². The summed E-state index contributed by atoms with van der Waals surface area (Å²) in [6.45, 7) is 7.70. The third-order valence-corrected chi connectivity index (χ3v) is 5.75. The van der Waals surface area contributed by atoms with Crippen LogP contribution in [0.4, 0.5) is 5.69 Å². The molecule has 2 aliphatic heterocycles. The van der Waals surface area contributed by atoms with E-state index in [1.165, 1.54) is 5.69 Å². The fourth-order valence-corrected chi connectivity index (χ4v) is 3.95. The van der Waals surface area contributed by atoms with Crippen molar-refractivity contribution in [1.82, 2.24) is 15.3 Å². The molecule has 3 aliphatic rings. The Morgan fingerprint density at radius 3 is 2.55 bits per heavy atom. The highest BCUT2D eigenvalue weighted by atomic mass is 16.3. The molecule has 6 nitrogen and oxygen atoms in total. The second kappa shape index (κ2) is 6.97. The normalized spacial score (nSPS) is 14.6. The van der Waals surface area contributed by atoms with E-state index in [1.54, 1.807) is 12.3 Å². The summed E-state index contributed by atoms with van der Waals surface area (Å²) in [6, 6.07) is 11.8. The van der Waals surface area contributed by atoms with E-state index in [-0.39, 0.29) is 5.43 Å². The first-order valence-electron chi connectivity index (χ1n) is 9.88. The molecule has 0 spiro atoms. The summed E-state index contributed by atoms with van der Waals surface area (Å²) in [5.41, 5.74) is 5.89. The Balaban J connectivity index is 1.69. The van der Waals surface area contributed by atoms with E-state index in [9.17, 15) is 4.79 Å². The second-order valence-corrected chi connectivity index (χ2v) is 7.45. The number of anilines is 1. The van der Waals surface area contributed by atoms with Gasteiger partial charge in [-0.1, -0.05) is 12.1 Å². The summed E-state index contributed by atoms with van der Waals surface area (Å²) >= 11 is 0. The molecule has 3 heterocycles. The highest BCUT2D eigenvalue weighted by Crippen LogP contribution is 2.35. The van der Waals surface area contributed by atoms with Gasteiger partial charge in [0, 0.05) is 43.6 Å². The van der Waals surface area contributed by atoms with Crippen LogP contribution in [0.15, 0.2) is 51.8 Å². The summed E-state index contributed by atoms with van der Waals surface area (Å²) in [4.78, 5) is 24.5. The molecule has 5 rings (SSSR count). The molecule has 146 valence electrons. The van der Waals surface area contributed by atoms with Gasteiger partial charge in [-0.3, -0.25) is 4.79 Å². The summed E-state index contributed by atoms with van der Waals surface area (Å²) in [7, 11) is 0. The predicted molar refractivity (Wildman–Crippen MR) is 115 cm³/mol. The fraction of sp³-hybridized carbons (Fsp3) is 0.261. The van der Waals surface area contributed by atoms with E-state index in [0.717, 1.165) is 37.3 Å². The number of nitrogens with zero attached hydrogens (tertiary/aromatic N) is 3. The van der Waals surface area contributed by atoms with Crippen molar-refractivity contribution in [3.8, 4) is 22.6 Å². The van der Waals surface area contributed by atoms with Crippen molar-refractivity contribution < 1.29 is 4.42 Å². The zero-order valence-electron chi connectivity index (χ0n) is 16.5. The molecule has 1 N–H and O–H groups in total. The van der Waals surface area contributed by atoms with Crippen molar-refractivity contribution in [2.45, 2.75) is 13.8 Å². The third-order valence-electron chi connectivity index (χ3n) is 5.75. The van der Waals surface area contributed by atoms with Crippen LogP contribution in [0, 0.1) is 13.8 Å². The maximum absolute atomic E-state index is 13.2. The minimum Gasteiger partial charge on any atom is -0.450 e. The Morgan fingerprint density at radius 1 is 1.03 bits per heavy atom. The number of piperazine rings is 1. The van der Waals surface area contributed by atoms with Gasteiger partial charge in [0.05, 0.1) is 5.56 Å². The molecule has 1 fully saturated rings. The van der Waals surface area contributed by atoms with Gasteiger partial charge in [-0.05, 0) is 49.2 Å². The van der Waals surface area contributed by atoms with Crippen LogP contribution < -0.4 is 15.6 Å². The minimum absolute atomic E-state index is 0.0151. The van der Waals surface area contributed by atoms with Gasteiger partial charge in [0.2, 0.25) is 0 Å². The van der Waals surface area contributed by atoms with Crippen LogP contribution >= 0.6 is 0 Å². The SMILES string of the molecule is Cc1c2nc3ncccc3oc-2c(-c2ccc(N3CCNCC3)cc2)c(=O)c1C. The minimum atomic E-state index is -0.0151. The molecule has 29 heavy (non-hydrogen) atoms. The van der Waals surface area contributed by atoms with Gasteiger partial charge in [0.1, 0.15) is 5.69 Å². The maximum Gasteiger partial charge on any atom is 0.196 e. The summed E-state index contributed by atoms with van der Waals surface area (Å²) in [5, 5.41) is 3.37. The van der Waals surface area contributed by atoms with Crippen LogP contribution in [0.25, 0.3) is 33.8 Å². The number of hydrogen-bond donors (Lipinski definition) is 1. The summed E-state index contributed by atoms with van der Waals surface area (Å²) in [6.07, 6.45) is 1.69. The smallest absolute Gasteiger partial charge is 0.196 e. The fourth-order valence-electron chi connectivity index (χ4n) is 3.95. The van der Waals surface area contributed by atoms with Crippen molar-refractivity contribution in [2.24, 2.45) is 0 Å². The molecular formula is C23H22N4O2. The van der Waals surface area contributed by atoms with Crippen molar-refractivity contribution in [1.29, 1.82) is 0 Å². The molecule has 1 aliphatic carbocycles. The monoisotopic (exact) mass is 386 g/mol. The van der Waals surface area contributed by atoms with Crippen LogP contribution in [-0.2, 0) is 0 Å². The van der Waals surface area contributed by atoms with E-state index < -0.39 is 0 Å². The van der Waals surface area contributed by atoms with Crippen molar-refractivity contribution in [2.75, 3.05) is 31.1 Å². The Bertz CT molecular complexity index is 1220. The lowest BCUT2D eigenvalue weighted by molar-refractivity contribution is 0.589. The maximum atomic E-state index is 13.2. The van der Waals surface area contributed by atoms with Crippen LogP contribution in [0.3, 0.4) is 0 Å². The summed E-state index contributed by atoms with van der Waals surface area (Å²) < 4.78 is 6.15. The largest absolute Gasteiger partial charge is 0.450 e. The van der Waals surface area contributed by atoms with Crippen LogP contribution in [0.5, 0.6) is 0 Å². The average molecular weight is 386 g/mol. The first-order valence-corrected chi connectivity index (χ1v) is 9.88. The number of benzene rings is 2. The number of pyridine rings is 1. The van der Waals surface area contributed by atoms with Crippen molar-refractivity contribution in [3.63, 3.8) is 0 Å². The molecule has 1 aromatic heterocycles. The Kier molecular flexibility index (Phi) is 4.28. The summed E-state index contributed by atoms with van der Waals surface area (Å²) in [5.74, 6) is 0.522. The van der Waals surface area contributed by atoms with Gasteiger partial charge in [-0.25, -0.2) is 9.97 Å². The van der Waals surface area contributed by atoms with Gasteiger partial charge in [-0.15, -0.1) is 0 Å². The van der Waals surface area contributed by atoms with Crippen LogP contribution in [-0.4, -0.2) is 36.1 Å². The molecule has 1 aromatic carbocycles. The molecule has 0 radical (unpaired) electrons. The lowest BCUT2D eigenvalue weighted by Crippen LogP contribution is -2.43. The molecule has 0 bridgehead atoms. The number of rotatable bonds is 2. The Labute approximate surface area is 168 Å². The van der Waals surface area contributed by atoms with Gasteiger partial charge < -0.3 is 14.6 Å². The lowest BCUT2D eigenvalue weighted by atomic mass is 9.93. The second-order valence-electron chi connectivity index (χ2n) is 7.45. The first-order chi connectivity index (χ1) is 14.1. The zero-order chi connectivity index (χ0) is 20.0. The molecule has 0 amide bonds. The topological polar surface area (TPSA) is 71.3 Å². The van der Waals surface area contributed by atoms with Crippen molar-refractivity contribution >= 4 is 16.9 Å². The van der Waals surface area contributed by atoms with E-state index in [1.807, 2.05) is 32.0 Å². The molecule has 0 saturated carbocycles. The number of hydrogen-bond acceptors (Lipinski definition) is 6. The number of fused-ring (bicyclic) bond motifs is 2. The molecule has 1 saturated heterocycles. The number of aromatic nitrogens is 2. The number of nitrogens with one attached hydrogen (secondary N) is 1. The molecule has 0 atom stereocenters. The van der Waals surface area contributed by atoms with E-state index >= 15 is 0 Å². The van der Waals surface area contributed by atoms with E-state index in [2.05, 4.69) is 27.3 Å². The lowest BCUT2D eigenvalue weighted by Gasteiger charge is -2.29. The molecule has 2 aromatic rings. The van der Waals surface area contributed by atoms with Gasteiger partial charge in [0.15, 0.2) is 22.4 Å². The molecular weight excluding hydrogens is 364 g/mol. The Morgan fingerprint density at radius 2 is 1.79 bits per heavy atom. The standard InChI is InChI=1S/C23H22N4O2/c1-14-15(2)21(28)19(22-20(14)26-23-18(29-22)4-3-9-25-23)16-5-7-17(8-6-16)27-12-10-24-11-13-27/h3-9,24H,10-13H2,1-2H3. The third kappa shape index (κ3) is 2.96. The Hall–Kier alpha value is -3.25. The molecule has 0 unspecified atom stereocenters.